The first-order chi connectivity index (χ1) is 10.2. The molecule has 2 aromatic carbocycles. The summed E-state index contributed by atoms with van der Waals surface area (Å²) in [5.74, 6) is 1.77. The van der Waals surface area contributed by atoms with E-state index in [9.17, 15) is 5.11 Å². The van der Waals surface area contributed by atoms with E-state index in [-0.39, 0.29) is 5.75 Å². The first-order valence-electron chi connectivity index (χ1n) is 6.79. The summed E-state index contributed by atoms with van der Waals surface area (Å²) >= 11 is 6.07. The molecule has 0 saturated heterocycles. The van der Waals surface area contributed by atoms with Crippen molar-refractivity contribution in [3.63, 3.8) is 0 Å². The van der Waals surface area contributed by atoms with Gasteiger partial charge in [-0.1, -0.05) is 23.7 Å². The number of hydrogen-bond donors (Lipinski definition) is 2. The standard InChI is InChI=1S/C16H16ClNO3/c17-13-2-1-3-14(19)12(13)10-18-9-11-4-5-15-16(8-11)21-7-6-20-15/h1-5,8,18-19H,6-7,9-10H2. The van der Waals surface area contributed by atoms with Crippen LogP contribution in [-0.2, 0) is 13.1 Å². The highest BCUT2D eigenvalue weighted by molar-refractivity contribution is 6.31. The summed E-state index contributed by atoms with van der Waals surface area (Å²) < 4.78 is 11.0. The van der Waals surface area contributed by atoms with Gasteiger partial charge in [0, 0.05) is 23.7 Å². The van der Waals surface area contributed by atoms with Gasteiger partial charge in [0.25, 0.3) is 0 Å². The Bertz CT molecular complexity index is 625. The zero-order valence-corrected chi connectivity index (χ0v) is 12.2. The normalized spacial score (nSPS) is 13.2. The lowest BCUT2D eigenvalue weighted by molar-refractivity contribution is 0.171. The summed E-state index contributed by atoms with van der Waals surface area (Å²) in [6.45, 7) is 2.33. The van der Waals surface area contributed by atoms with E-state index in [1.54, 1.807) is 18.2 Å². The van der Waals surface area contributed by atoms with Gasteiger partial charge in [-0.25, -0.2) is 0 Å². The van der Waals surface area contributed by atoms with Gasteiger partial charge in [0.15, 0.2) is 11.5 Å². The van der Waals surface area contributed by atoms with Crippen LogP contribution in [0.1, 0.15) is 11.1 Å². The third kappa shape index (κ3) is 3.23. The van der Waals surface area contributed by atoms with Crippen LogP contribution < -0.4 is 14.8 Å². The Balaban J connectivity index is 1.63. The summed E-state index contributed by atoms with van der Waals surface area (Å²) in [6.07, 6.45) is 0. The molecule has 4 nitrogen and oxygen atoms in total. The molecule has 110 valence electrons. The number of halogens is 1. The minimum atomic E-state index is 0.206. The van der Waals surface area contributed by atoms with Gasteiger partial charge >= 0.3 is 0 Å². The van der Waals surface area contributed by atoms with Gasteiger partial charge < -0.3 is 19.9 Å². The van der Waals surface area contributed by atoms with E-state index in [2.05, 4.69) is 5.32 Å². The van der Waals surface area contributed by atoms with Crippen LogP contribution in [0.25, 0.3) is 0 Å². The van der Waals surface area contributed by atoms with Gasteiger partial charge in [0.1, 0.15) is 19.0 Å². The van der Waals surface area contributed by atoms with Crippen molar-refractivity contribution in [1.82, 2.24) is 5.32 Å². The number of fused-ring (bicyclic) bond motifs is 1. The summed E-state index contributed by atoms with van der Waals surface area (Å²) in [6, 6.07) is 11.0. The summed E-state index contributed by atoms with van der Waals surface area (Å²) in [5, 5.41) is 13.6. The Kier molecular flexibility index (Phi) is 4.18. The van der Waals surface area contributed by atoms with E-state index in [1.165, 1.54) is 0 Å². The summed E-state index contributed by atoms with van der Waals surface area (Å²) in [4.78, 5) is 0. The molecule has 0 aromatic heterocycles. The van der Waals surface area contributed by atoms with Crippen LogP contribution in [0.4, 0.5) is 0 Å². The smallest absolute Gasteiger partial charge is 0.161 e. The molecule has 0 bridgehead atoms. The van der Waals surface area contributed by atoms with E-state index in [1.807, 2.05) is 18.2 Å². The molecule has 1 heterocycles. The van der Waals surface area contributed by atoms with Crippen LogP contribution >= 0.6 is 11.6 Å². The molecule has 0 fully saturated rings. The predicted molar refractivity (Wildman–Crippen MR) is 81.1 cm³/mol. The lowest BCUT2D eigenvalue weighted by atomic mass is 10.1. The van der Waals surface area contributed by atoms with E-state index in [0.29, 0.717) is 36.9 Å². The van der Waals surface area contributed by atoms with Crippen molar-refractivity contribution >= 4 is 11.6 Å². The molecule has 2 N–H and O–H groups in total. The third-order valence-electron chi connectivity index (χ3n) is 3.33. The van der Waals surface area contributed by atoms with Crippen LogP contribution in [0.15, 0.2) is 36.4 Å². The number of aromatic hydroxyl groups is 1. The molecule has 0 amide bonds. The molecule has 1 aliphatic rings. The van der Waals surface area contributed by atoms with E-state index < -0.39 is 0 Å². The van der Waals surface area contributed by atoms with Crippen molar-refractivity contribution in [2.45, 2.75) is 13.1 Å². The Morgan fingerprint density at radius 1 is 1.05 bits per heavy atom. The monoisotopic (exact) mass is 305 g/mol. The molecular weight excluding hydrogens is 290 g/mol. The largest absolute Gasteiger partial charge is 0.508 e. The second-order valence-corrected chi connectivity index (χ2v) is 5.23. The number of phenols is 1. The molecule has 3 rings (SSSR count). The molecule has 1 aliphatic heterocycles. The molecule has 0 radical (unpaired) electrons. The van der Waals surface area contributed by atoms with Crippen molar-refractivity contribution in [1.29, 1.82) is 0 Å². The number of benzene rings is 2. The first-order valence-corrected chi connectivity index (χ1v) is 7.17. The van der Waals surface area contributed by atoms with Crippen molar-refractivity contribution in [2.24, 2.45) is 0 Å². The Morgan fingerprint density at radius 3 is 2.67 bits per heavy atom. The minimum Gasteiger partial charge on any atom is -0.508 e. The summed E-state index contributed by atoms with van der Waals surface area (Å²) in [7, 11) is 0. The van der Waals surface area contributed by atoms with Crippen molar-refractivity contribution in [3.8, 4) is 17.2 Å². The van der Waals surface area contributed by atoms with E-state index in [4.69, 9.17) is 21.1 Å². The molecule has 0 saturated carbocycles. The molecule has 0 atom stereocenters. The lowest BCUT2D eigenvalue weighted by Crippen LogP contribution is -2.16. The molecule has 2 aromatic rings. The van der Waals surface area contributed by atoms with Gasteiger partial charge in [-0.2, -0.15) is 0 Å². The zero-order chi connectivity index (χ0) is 14.7. The second kappa shape index (κ2) is 6.24. The van der Waals surface area contributed by atoms with Crippen LogP contribution in [-0.4, -0.2) is 18.3 Å². The SMILES string of the molecule is Oc1cccc(Cl)c1CNCc1ccc2c(c1)OCCO2. The fourth-order valence-corrected chi connectivity index (χ4v) is 2.49. The fraction of sp³-hybridized carbons (Fsp3) is 0.250. The van der Waals surface area contributed by atoms with Gasteiger partial charge in [0.05, 0.1) is 0 Å². The molecule has 21 heavy (non-hydrogen) atoms. The Labute approximate surface area is 128 Å². The van der Waals surface area contributed by atoms with E-state index >= 15 is 0 Å². The van der Waals surface area contributed by atoms with Crippen LogP contribution in [0.3, 0.4) is 0 Å². The van der Waals surface area contributed by atoms with Crippen LogP contribution in [0, 0.1) is 0 Å². The molecule has 5 heteroatoms. The topological polar surface area (TPSA) is 50.7 Å². The first kappa shape index (κ1) is 14.0. The minimum absolute atomic E-state index is 0.206. The number of phenolic OH excluding ortho intramolecular Hbond substituents is 1. The van der Waals surface area contributed by atoms with E-state index in [0.717, 1.165) is 17.1 Å². The number of ether oxygens (including phenoxy) is 2. The molecule has 0 unspecified atom stereocenters. The fourth-order valence-electron chi connectivity index (χ4n) is 2.25. The number of hydrogen-bond acceptors (Lipinski definition) is 4. The maximum atomic E-state index is 9.79. The molecule has 0 spiro atoms. The highest BCUT2D eigenvalue weighted by atomic mass is 35.5. The maximum Gasteiger partial charge on any atom is 0.161 e. The average molecular weight is 306 g/mol. The lowest BCUT2D eigenvalue weighted by Gasteiger charge is -2.19. The van der Waals surface area contributed by atoms with Gasteiger partial charge in [-0.15, -0.1) is 0 Å². The quantitative estimate of drug-likeness (QED) is 0.911. The molecular formula is C16H16ClNO3. The van der Waals surface area contributed by atoms with Crippen molar-refractivity contribution < 1.29 is 14.6 Å². The Morgan fingerprint density at radius 2 is 1.86 bits per heavy atom. The van der Waals surface area contributed by atoms with Gasteiger partial charge in [-0.05, 0) is 29.8 Å². The highest BCUT2D eigenvalue weighted by Gasteiger charge is 2.11. The number of rotatable bonds is 4. The number of nitrogens with one attached hydrogen (secondary N) is 1. The second-order valence-electron chi connectivity index (χ2n) is 4.82. The predicted octanol–water partition coefficient (Wildman–Crippen LogP) is 3.11. The van der Waals surface area contributed by atoms with Gasteiger partial charge in [-0.3, -0.25) is 0 Å². The zero-order valence-electron chi connectivity index (χ0n) is 11.4. The van der Waals surface area contributed by atoms with Crippen LogP contribution in [0.2, 0.25) is 5.02 Å². The van der Waals surface area contributed by atoms with Crippen molar-refractivity contribution in [3.05, 3.63) is 52.5 Å². The maximum absolute atomic E-state index is 9.79. The highest BCUT2D eigenvalue weighted by Crippen LogP contribution is 2.31. The summed E-state index contributed by atoms with van der Waals surface area (Å²) in [5.41, 5.74) is 1.79. The van der Waals surface area contributed by atoms with Crippen LogP contribution in [0.5, 0.6) is 17.2 Å². The third-order valence-corrected chi connectivity index (χ3v) is 3.69. The average Bonchev–Trinajstić information content (AvgIpc) is 2.50. The van der Waals surface area contributed by atoms with Gasteiger partial charge in [0.2, 0.25) is 0 Å². The molecule has 0 aliphatic carbocycles. The van der Waals surface area contributed by atoms with Crippen molar-refractivity contribution in [2.75, 3.05) is 13.2 Å². The Hall–Kier alpha value is -1.91.